The SMILES string of the molecule is O=C(O)c1cc(C(=O)O)cc(/C(Br)=C(\Br)c2ccc(/C(Br)=C(\Br)c3cc(C(=O)O)cc(C(=O)O)c3)cc2)c1. The summed E-state index contributed by atoms with van der Waals surface area (Å²) in [7, 11) is 0. The van der Waals surface area contributed by atoms with Gasteiger partial charge in [0.25, 0.3) is 0 Å². The van der Waals surface area contributed by atoms with E-state index in [4.69, 9.17) is 0 Å². The van der Waals surface area contributed by atoms with Crippen LogP contribution in [0.25, 0.3) is 17.9 Å². The normalized spacial score (nSPS) is 12.3. The van der Waals surface area contributed by atoms with Crippen molar-refractivity contribution < 1.29 is 39.6 Å². The summed E-state index contributed by atoms with van der Waals surface area (Å²) in [5.74, 6) is -5.05. The third-order valence-electron chi connectivity index (χ3n) is 5.14. The van der Waals surface area contributed by atoms with Gasteiger partial charge < -0.3 is 20.4 Å². The number of carboxylic acid groups (broad SMARTS) is 4. The topological polar surface area (TPSA) is 149 Å². The number of hydrogen-bond acceptors (Lipinski definition) is 4. The molecule has 3 aromatic carbocycles. The van der Waals surface area contributed by atoms with Crippen LogP contribution in [0.1, 0.15) is 63.7 Å². The minimum absolute atomic E-state index is 0.176. The molecule has 0 radical (unpaired) electrons. The smallest absolute Gasteiger partial charge is 0.335 e. The van der Waals surface area contributed by atoms with E-state index in [1.54, 1.807) is 24.3 Å². The molecule has 0 aromatic heterocycles. The molecule has 0 atom stereocenters. The summed E-state index contributed by atoms with van der Waals surface area (Å²) >= 11 is 13.8. The van der Waals surface area contributed by atoms with Crippen LogP contribution in [0.5, 0.6) is 0 Å². The molecule has 8 nitrogen and oxygen atoms in total. The minimum atomic E-state index is -1.26. The van der Waals surface area contributed by atoms with Crippen molar-refractivity contribution in [1.82, 2.24) is 0 Å². The Morgan fingerprint density at radius 1 is 0.368 bits per heavy atom. The Hall–Kier alpha value is -3.06. The fraction of sp³-hybridized carbons (Fsp3) is 0. The number of halogens is 4. The average Bonchev–Trinajstić information content (AvgIpc) is 2.90. The van der Waals surface area contributed by atoms with Gasteiger partial charge in [-0.3, -0.25) is 0 Å². The van der Waals surface area contributed by atoms with Crippen molar-refractivity contribution in [2.75, 3.05) is 0 Å². The summed E-state index contributed by atoms with van der Waals surface area (Å²) in [6.07, 6.45) is 0. The lowest BCUT2D eigenvalue weighted by Crippen LogP contribution is -2.03. The molecule has 3 rings (SSSR count). The van der Waals surface area contributed by atoms with Crippen LogP contribution in [0, 0.1) is 0 Å². The van der Waals surface area contributed by atoms with Crippen LogP contribution < -0.4 is 0 Å². The molecule has 4 N–H and O–H groups in total. The lowest BCUT2D eigenvalue weighted by molar-refractivity contribution is 0.0676. The predicted octanol–water partition coefficient (Wildman–Crippen LogP) is 7.71. The number of carboxylic acids is 4. The fourth-order valence-electron chi connectivity index (χ4n) is 3.27. The molecule has 0 amide bonds. The first-order chi connectivity index (χ1) is 17.8. The van der Waals surface area contributed by atoms with E-state index in [0.717, 1.165) is 12.1 Å². The fourth-order valence-corrected chi connectivity index (χ4v) is 5.17. The van der Waals surface area contributed by atoms with Crippen molar-refractivity contribution in [3.8, 4) is 0 Å². The number of rotatable bonds is 8. The van der Waals surface area contributed by atoms with E-state index < -0.39 is 23.9 Å². The predicted molar refractivity (Wildman–Crippen MR) is 156 cm³/mol. The molecule has 3 aromatic rings. The van der Waals surface area contributed by atoms with Crippen molar-refractivity contribution in [3.63, 3.8) is 0 Å². The first kappa shape index (κ1) is 29.5. The van der Waals surface area contributed by atoms with Gasteiger partial charge in [0, 0.05) is 17.9 Å². The van der Waals surface area contributed by atoms with Crippen molar-refractivity contribution in [2.24, 2.45) is 0 Å². The summed E-state index contributed by atoms with van der Waals surface area (Å²) < 4.78 is 1.92. The zero-order valence-corrected chi connectivity index (χ0v) is 25.1. The second-order valence-corrected chi connectivity index (χ2v) is 10.8. The van der Waals surface area contributed by atoms with Crippen LogP contribution in [0.2, 0.25) is 0 Å². The summed E-state index contributed by atoms with van der Waals surface area (Å²) in [5, 5.41) is 37.4. The van der Waals surface area contributed by atoms with Gasteiger partial charge in [-0.05, 0) is 122 Å². The maximum absolute atomic E-state index is 11.4. The van der Waals surface area contributed by atoms with Gasteiger partial charge in [-0.1, -0.05) is 24.3 Å². The van der Waals surface area contributed by atoms with Crippen LogP contribution in [0.15, 0.2) is 60.7 Å². The number of benzene rings is 3. The average molecular weight is 774 g/mol. The van der Waals surface area contributed by atoms with Crippen LogP contribution >= 0.6 is 63.7 Å². The van der Waals surface area contributed by atoms with Gasteiger partial charge in [0.15, 0.2) is 0 Å². The molecule has 0 fully saturated rings. The molecule has 194 valence electrons. The molecule has 12 heteroatoms. The Morgan fingerprint density at radius 3 is 0.763 bits per heavy atom. The first-order valence-corrected chi connectivity index (χ1v) is 13.4. The van der Waals surface area contributed by atoms with Crippen LogP contribution in [0.3, 0.4) is 0 Å². The van der Waals surface area contributed by atoms with Crippen LogP contribution in [-0.2, 0) is 0 Å². The molecular weight excluding hydrogens is 760 g/mol. The maximum Gasteiger partial charge on any atom is 0.335 e. The lowest BCUT2D eigenvalue weighted by Gasteiger charge is -2.11. The van der Waals surface area contributed by atoms with Crippen LogP contribution in [0.4, 0.5) is 0 Å². The highest BCUT2D eigenvalue weighted by Crippen LogP contribution is 2.39. The Balaban J connectivity index is 2.02. The molecule has 0 aliphatic rings. The van der Waals surface area contributed by atoms with Crippen LogP contribution in [-0.4, -0.2) is 44.3 Å². The highest BCUT2D eigenvalue weighted by molar-refractivity contribution is 9.18. The van der Waals surface area contributed by atoms with Crippen molar-refractivity contribution in [3.05, 3.63) is 105 Å². The molecule has 0 aliphatic carbocycles. The lowest BCUT2D eigenvalue weighted by atomic mass is 10.0. The first-order valence-electron chi connectivity index (χ1n) is 10.3. The van der Waals surface area contributed by atoms with Gasteiger partial charge >= 0.3 is 23.9 Å². The Kier molecular flexibility index (Phi) is 9.47. The quantitative estimate of drug-likeness (QED) is 0.170. The highest BCUT2D eigenvalue weighted by Gasteiger charge is 2.17. The minimum Gasteiger partial charge on any atom is -0.478 e. The van der Waals surface area contributed by atoms with Gasteiger partial charge in [0.1, 0.15) is 0 Å². The molecule has 0 aliphatic heterocycles. The molecular formula is C26H14Br4O8. The summed E-state index contributed by atoms with van der Waals surface area (Å²) in [5.41, 5.74) is 1.33. The van der Waals surface area contributed by atoms with Gasteiger partial charge in [0.2, 0.25) is 0 Å². The number of aromatic carboxylic acids is 4. The molecule has 0 bridgehead atoms. The van der Waals surface area contributed by atoms with E-state index in [1.807, 2.05) is 0 Å². The Labute approximate surface area is 248 Å². The molecule has 38 heavy (non-hydrogen) atoms. The second kappa shape index (κ2) is 12.2. The van der Waals surface area contributed by atoms with Gasteiger partial charge in [0.05, 0.1) is 22.3 Å². The van der Waals surface area contributed by atoms with Gasteiger partial charge in [-0.2, -0.15) is 0 Å². The van der Waals surface area contributed by atoms with Crippen molar-refractivity contribution in [1.29, 1.82) is 0 Å². The highest BCUT2D eigenvalue weighted by atomic mass is 79.9. The molecule has 0 saturated heterocycles. The van der Waals surface area contributed by atoms with E-state index >= 15 is 0 Å². The van der Waals surface area contributed by atoms with Crippen molar-refractivity contribution >= 4 is 106 Å². The third kappa shape index (κ3) is 6.68. The van der Waals surface area contributed by atoms with Crippen molar-refractivity contribution in [2.45, 2.75) is 0 Å². The maximum atomic E-state index is 11.4. The molecule has 0 spiro atoms. The Bertz CT molecular complexity index is 1370. The standard InChI is InChI=1S/C26H14Br4O8/c27-19(21(29)13-5-15(23(31)32)9-16(6-13)24(33)34)11-1-2-12(4-3-11)20(28)22(30)14-7-17(25(35)36)10-18(8-14)26(37)38/h1-10H,(H,31,32)(H,33,34)(H,35,36)(H,37,38)/b21-19+,22-20+. The largest absolute Gasteiger partial charge is 0.478 e. The van der Waals surface area contributed by atoms with E-state index in [1.165, 1.54) is 24.3 Å². The van der Waals surface area contributed by atoms with Gasteiger partial charge in [-0.15, -0.1) is 0 Å². The van der Waals surface area contributed by atoms with Gasteiger partial charge in [-0.25, -0.2) is 19.2 Å². The van der Waals surface area contributed by atoms with E-state index in [2.05, 4.69) is 63.7 Å². The summed E-state index contributed by atoms with van der Waals surface area (Å²) in [4.78, 5) is 45.8. The zero-order valence-electron chi connectivity index (χ0n) is 18.7. The zero-order chi connectivity index (χ0) is 28.3. The molecule has 0 saturated carbocycles. The van der Waals surface area contributed by atoms with E-state index in [9.17, 15) is 39.6 Å². The van der Waals surface area contributed by atoms with E-state index in [0.29, 0.717) is 40.2 Å². The summed E-state index contributed by atoms with van der Waals surface area (Å²) in [6.45, 7) is 0. The van der Waals surface area contributed by atoms with E-state index in [-0.39, 0.29) is 22.3 Å². The monoisotopic (exact) mass is 770 g/mol. The number of hydrogen-bond donors (Lipinski definition) is 4. The summed E-state index contributed by atoms with van der Waals surface area (Å²) in [6, 6.07) is 14.5. The second-order valence-electron chi connectivity index (χ2n) is 7.65. The Morgan fingerprint density at radius 2 is 0.553 bits per heavy atom. The molecule has 0 heterocycles. The number of carbonyl (C=O) groups is 4. The third-order valence-corrected chi connectivity index (χ3v) is 9.62. The molecule has 0 unspecified atom stereocenters.